The molecule has 1 aromatic rings. The van der Waals surface area contributed by atoms with E-state index in [1.807, 2.05) is 19.2 Å². The van der Waals surface area contributed by atoms with Gasteiger partial charge in [-0.25, -0.2) is 0 Å². The maximum absolute atomic E-state index is 5.78. The second-order valence-electron chi connectivity index (χ2n) is 4.25. The predicted molar refractivity (Wildman–Crippen MR) is 64.0 cm³/mol. The number of rotatable bonds is 5. The maximum Gasteiger partial charge on any atom is 0.123 e. The SMILES string of the molecule is CNCC(C)OCC1COc2ccccc21. The highest BCUT2D eigenvalue weighted by Crippen LogP contribution is 2.33. The molecule has 1 aliphatic heterocycles. The lowest BCUT2D eigenvalue weighted by Crippen LogP contribution is -2.25. The summed E-state index contributed by atoms with van der Waals surface area (Å²) in [7, 11) is 1.94. The summed E-state index contributed by atoms with van der Waals surface area (Å²) in [5, 5.41) is 3.11. The average Bonchev–Trinajstić information content (AvgIpc) is 2.70. The van der Waals surface area contributed by atoms with E-state index in [4.69, 9.17) is 9.47 Å². The molecule has 1 aromatic carbocycles. The third kappa shape index (κ3) is 2.54. The lowest BCUT2D eigenvalue weighted by molar-refractivity contribution is 0.0530. The van der Waals surface area contributed by atoms with Gasteiger partial charge in [-0.2, -0.15) is 0 Å². The highest BCUT2D eigenvalue weighted by molar-refractivity contribution is 5.39. The minimum atomic E-state index is 0.248. The van der Waals surface area contributed by atoms with Crippen LogP contribution in [0.5, 0.6) is 5.75 Å². The summed E-state index contributed by atoms with van der Waals surface area (Å²) in [6, 6.07) is 8.20. The minimum Gasteiger partial charge on any atom is -0.493 e. The van der Waals surface area contributed by atoms with Gasteiger partial charge >= 0.3 is 0 Å². The Morgan fingerprint density at radius 2 is 2.31 bits per heavy atom. The number of fused-ring (bicyclic) bond motifs is 1. The van der Waals surface area contributed by atoms with Crippen molar-refractivity contribution in [1.29, 1.82) is 0 Å². The van der Waals surface area contributed by atoms with Crippen molar-refractivity contribution in [2.75, 3.05) is 26.8 Å². The van der Waals surface area contributed by atoms with Crippen LogP contribution < -0.4 is 10.1 Å². The molecule has 2 rings (SSSR count). The Balaban J connectivity index is 1.88. The first kappa shape index (κ1) is 11.4. The van der Waals surface area contributed by atoms with Crippen molar-refractivity contribution in [2.45, 2.75) is 18.9 Å². The molecule has 3 heteroatoms. The molecule has 1 aliphatic rings. The molecule has 2 atom stereocenters. The van der Waals surface area contributed by atoms with Crippen molar-refractivity contribution >= 4 is 0 Å². The van der Waals surface area contributed by atoms with Crippen LogP contribution in [0.3, 0.4) is 0 Å². The maximum atomic E-state index is 5.78. The number of nitrogens with one attached hydrogen (secondary N) is 1. The van der Waals surface area contributed by atoms with E-state index < -0.39 is 0 Å². The van der Waals surface area contributed by atoms with E-state index in [9.17, 15) is 0 Å². The quantitative estimate of drug-likeness (QED) is 0.822. The zero-order chi connectivity index (χ0) is 11.4. The fraction of sp³-hybridized carbons (Fsp3) is 0.538. The van der Waals surface area contributed by atoms with Crippen LogP contribution in [0.15, 0.2) is 24.3 Å². The molecule has 88 valence electrons. The monoisotopic (exact) mass is 221 g/mol. The van der Waals surface area contributed by atoms with Crippen molar-refractivity contribution < 1.29 is 9.47 Å². The highest BCUT2D eigenvalue weighted by Gasteiger charge is 2.24. The number of likely N-dealkylation sites (N-methyl/N-ethyl adjacent to an activating group) is 1. The van der Waals surface area contributed by atoms with Crippen molar-refractivity contribution in [2.24, 2.45) is 0 Å². The van der Waals surface area contributed by atoms with E-state index in [0.29, 0.717) is 5.92 Å². The summed E-state index contributed by atoms with van der Waals surface area (Å²) in [5.41, 5.74) is 1.28. The predicted octanol–water partition coefficient (Wildman–Crippen LogP) is 1.79. The van der Waals surface area contributed by atoms with Crippen LogP contribution in [0.25, 0.3) is 0 Å². The minimum absolute atomic E-state index is 0.248. The molecular weight excluding hydrogens is 202 g/mol. The number of hydrogen-bond donors (Lipinski definition) is 1. The first-order chi connectivity index (χ1) is 7.81. The van der Waals surface area contributed by atoms with Gasteiger partial charge in [-0.1, -0.05) is 18.2 Å². The van der Waals surface area contributed by atoms with Crippen molar-refractivity contribution in [3.05, 3.63) is 29.8 Å². The van der Waals surface area contributed by atoms with E-state index in [1.54, 1.807) is 0 Å². The molecule has 0 spiro atoms. The van der Waals surface area contributed by atoms with Crippen molar-refractivity contribution in [1.82, 2.24) is 5.32 Å². The van der Waals surface area contributed by atoms with E-state index in [2.05, 4.69) is 24.4 Å². The Morgan fingerprint density at radius 1 is 1.50 bits per heavy atom. The van der Waals surface area contributed by atoms with Crippen LogP contribution in [-0.4, -0.2) is 32.9 Å². The van der Waals surface area contributed by atoms with Gasteiger partial charge in [0.1, 0.15) is 5.75 Å². The lowest BCUT2D eigenvalue weighted by atomic mass is 10.0. The van der Waals surface area contributed by atoms with Crippen LogP contribution >= 0.6 is 0 Å². The second-order valence-corrected chi connectivity index (χ2v) is 4.25. The summed E-state index contributed by atoms with van der Waals surface area (Å²) in [6.45, 7) is 4.44. The third-order valence-corrected chi connectivity index (χ3v) is 2.87. The lowest BCUT2D eigenvalue weighted by Gasteiger charge is -2.15. The third-order valence-electron chi connectivity index (χ3n) is 2.87. The number of ether oxygens (including phenoxy) is 2. The Bertz CT molecular complexity index is 340. The fourth-order valence-corrected chi connectivity index (χ4v) is 1.99. The van der Waals surface area contributed by atoms with Gasteiger partial charge in [0, 0.05) is 18.0 Å². The van der Waals surface area contributed by atoms with Gasteiger partial charge in [0.25, 0.3) is 0 Å². The number of hydrogen-bond acceptors (Lipinski definition) is 3. The summed E-state index contributed by atoms with van der Waals surface area (Å²) < 4.78 is 11.4. The molecule has 0 saturated carbocycles. The second kappa shape index (κ2) is 5.32. The van der Waals surface area contributed by atoms with Gasteiger partial charge in [0.05, 0.1) is 19.3 Å². The van der Waals surface area contributed by atoms with Gasteiger partial charge in [0.15, 0.2) is 0 Å². The smallest absolute Gasteiger partial charge is 0.123 e. The van der Waals surface area contributed by atoms with Crippen LogP contribution in [0.2, 0.25) is 0 Å². The Kier molecular flexibility index (Phi) is 3.80. The highest BCUT2D eigenvalue weighted by atomic mass is 16.5. The van der Waals surface area contributed by atoms with Crippen molar-refractivity contribution in [3.63, 3.8) is 0 Å². The molecule has 1 heterocycles. The Labute approximate surface area is 96.8 Å². The standard InChI is InChI=1S/C13H19NO2/c1-10(7-14-2)15-8-11-9-16-13-6-4-3-5-12(11)13/h3-6,10-11,14H,7-9H2,1-2H3. The molecule has 3 nitrogen and oxygen atoms in total. The van der Waals surface area contributed by atoms with Gasteiger partial charge in [-0.3, -0.25) is 0 Å². The summed E-state index contributed by atoms with van der Waals surface area (Å²) >= 11 is 0. The topological polar surface area (TPSA) is 30.5 Å². The van der Waals surface area contributed by atoms with Gasteiger partial charge in [-0.15, -0.1) is 0 Å². The van der Waals surface area contributed by atoms with E-state index in [-0.39, 0.29) is 6.10 Å². The molecule has 0 aliphatic carbocycles. The first-order valence-electron chi connectivity index (χ1n) is 5.79. The molecule has 0 amide bonds. The summed E-state index contributed by atoms with van der Waals surface area (Å²) in [4.78, 5) is 0. The van der Waals surface area contributed by atoms with Gasteiger partial charge in [-0.05, 0) is 20.0 Å². The molecule has 0 bridgehead atoms. The molecule has 16 heavy (non-hydrogen) atoms. The molecule has 0 saturated heterocycles. The molecular formula is C13H19NO2. The zero-order valence-electron chi connectivity index (χ0n) is 9.90. The molecule has 1 N–H and O–H groups in total. The van der Waals surface area contributed by atoms with E-state index in [1.165, 1.54) is 5.56 Å². The number of para-hydroxylation sites is 1. The van der Waals surface area contributed by atoms with E-state index in [0.717, 1.165) is 25.5 Å². The molecule has 0 fully saturated rings. The van der Waals surface area contributed by atoms with Crippen LogP contribution in [0, 0.1) is 0 Å². The Morgan fingerprint density at radius 3 is 3.12 bits per heavy atom. The largest absolute Gasteiger partial charge is 0.493 e. The molecule has 0 aromatic heterocycles. The number of benzene rings is 1. The zero-order valence-corrected chi connectivity index (χ0v) is 9.90. The van der Waals surface area contributed by atoms with Crippen LogP contribution in [0.4, 0.5) is 0 Å². The normalized spacial score (nSPS) is 20.2. The average molecular weight is 221 g/mol. The summed E-state index contributed by atoms with van der Waals surface area (Å²) in [5.74, 6) is 1.40. The van der Waals surface area contributed by atoms with Crippen LogP contribution in [0.1, 0.15) is 18.4 Å². The van der Waals surface area contributed by atoms with E-state index >= 15 is 0 Å². The first-order valence-corrected chi connectivity index (χ1v) is 5.79. The van der Waals surface area contributed by atoms with Crippen LogP contribution in [-0.2, 0) is 4.74 Å². The molecule has 2 unspecified atom stereocenters. The molecule has 0 radical (unpaired) electrons. The van der Waals surface area contributed by atoms with Crippen molar-refractivity contribution in [3.8, 4) is 5.75 Å². The fourth-order valence-electron chi connectivity index (χ4n) is 1.99. The van der Waals surface area contributed by atoms with Gasteiger partial charge < -0.3 is 14.8 Å². The Hall–Kier alpha value is -1.06. The summed E-state index contributed by atoms with van der Waals surface area (Å²) in [6.07, 6.45) is 0.248. The van der Waals surface area contributed by atoms with Gasteiger partial charge in [0.2, 0.25) is 0 Å².